The van der Waals surface area contributed by atoms with E-state index in [2.05, 4.69) is 36.8 Å². The van der Waals surface area contributed by atoms with Crippen molar-refractivity contribution in [2.75, 3.05) is 0 Å². The molecule has 8 heteroatoms. The number of hydrogen-bond acceptors (Lipinski definition) is 4. The second kappa shape index (κ2) is 5.58. The van der Waals surface area contributed by atoms with Gasteiger partial charge in [-0.05, 0) is 46.3 Å². The van der Waals surface area contributed by atoms with Gasteiger partial charge in [-0.15, -0.1) is 0 Å². The normalized spacial score (nSPS) is 11.3. The number of halogens is 2. The molecule has 2 rings (SSSR count). The molecule has 19 heavy (non-hydrogen) atoms. The lowest BCUT2D eigenvalue weighted by Gasteiger charge is -2.09. The molecule has 0 amide bonds. The summed E-state index contributed by atoms with van der Waals surface area (Å²) in [6.07, 6.45) is 1.43. The van der Waals surface area contributed by atoms with Crippen molar-refractivity contribution in [2.45, 2.75) is 4.90 Å². The maximum absolute atomic E-state index is 11.4. The molecule has 100 valence electrons. The number of nitrogens with two attached hydrogens (primary N) is 1. The zero-order valence-electron chi connectivity index (χ0n) is 9.38. The van der Waals surface area contributed by atoms with Crippen molar-refractivity contribution in [1.29, 1.82) is 0 Å². The van der Waals surface area contributed by atoms with Crippen LogP contribution in [0, 0.1) is 0 Å². The monoisotopic (exact) mass is 406 g/mol. The third-order valence-corrected chi connectivity index (χ3v) is 4.18. The molecular weight excluding hydrogens is 400 g/mol. The number of benzene rings is 1. The molecule has 0 saturated heterocycles. The summed E-state index contributed by atoms with van der Waals surface area (Å²) in [6.45, 7) is 0. The van der Waals surface area contributed by atoms with Crippen LogP contribution in [-0.4, -0.2) is 13.4 Å². The van der Waals surface area contributed by atoms with Crippen LogP contribution in [0.3, 0.4) is 0 Å². The third kappa shape index (κ3) is 3.53. The van der Waals surface area contributed by atoms with Crippen LogP contribution in [0.2, 0.25) is 0 Å². The maximum atomic E-state index is 11.4. The zero-order chi connectivity index (χ0) is 14.0. The predicted molar refractivity (Wildman–Crippen MR) is 77.5 cm³/mol. The van der Waals surface area contributed by atoms with Crippen LogP contribution < -0.4 is 9.88 Å². The smallest absolute Gasteiger partial charge is 0.243 e. The van der Waals surface area contributed by atoms with E-state index in [1.54, 1.807) is 18.2 Å². The highest BCUT2D eigenvalue weighted by atomic mass is 79.9. The predicted octanol–water partition coefficient (Wildman–Crippen LogP) is 3.05. The molecule has 5 nitrogen and oxygen atoms in total. The fourth-order valence-corrected chi connectivity index (χ4v) is 3.07. The van der Waals surface area contributed by atoms with Crippen molar-refractivity contribution < 1.29 is 13.2 Å². The lowest BCUT2D eigenvalue weighted by molar-refractivity contribution is 0.444. The standard InChI is InChI=1S/C11H8Br2N2O3S/c12-7-3-4-9(8(13)6-7)18-11-10(19(14,16)17)2-1-5-15-11/h1-6H,(H2,14,16,17). The molecule has 0 bridgehead atoms. The number of nitrogens with zero attached hydrogens (tertiary/aromatic N) is 1. The molecule has 0 aliphatic heterocycles. The first-order valence-electron chi connectivity index (χ1n) is 4.98. The van der Waals surface area contributed by atoms with E-state index in [4.69, 9.17) is 9.88 Å². The van der Waals surface area contributed by atoms with Crippen LogP contribution in [0.5, 0.6) is 11.6 Å². The van der Waals surface area contributed by atoms with Gasteiger partial charge in [0.15, 0.2) is 0 Å². The fourth-order valence-electron chi connectivity index (χ4n) is 1.33. The summed E-state index contributed by atoms with van der Waals surface area (Å²) in [7, 11) is -3.89. The molecule has 0 unspecified atom stereocenters. The zero-order valence-corrected chi connectivity index (χ0v) is 13.4. The summed E-state index contributed by atoms with van der Waals surface area (Å²) in [5.74, 6) is 0.375. The number of aromatic nitrogens is 1. The topological polar surface area (TPSA) is 82.3 Å². The van der Waals surface area contributed by atoms with Gasteiger partial charge in [0.25, 0.3) is 0 Å². The summed E-state index contributed by atoms with van der Waals surface area (Å²) in [5, 5.41) is 5.11. The Hall–Kier alpha value is -0.960. The Bertz CT molecular complexity index is 720. The Morgan fingerprint density at radius 2 is 1.95 bits per heavy atom. The van der Waals surface area contributed by atoms with Gasteiger partial charge in [-0.25, -0.2) is 18.5 Å². The first-order valence-corrected chi connectivity index (χ1v) is 8.12. The summed E-state index contributed by atoms with van der Waals surface area (Å²) in [4.78, 5) is 3.73. The average molecular weight is 408 g/mol. The minimum Gasteiger partial charge on any atom is -0.436 e. The van der Waals surface area contributed by atoms with Gasteiger partial charge in [0, 0.05) is 10.7 Å². The average Bonchev–Trinajstić information content (AvgIpc) is 2.32. The summed E-state index contributed by atoms with van der Waals surface area (Å²) in [5.41, 5.74) is 0. The molecule has 0 radical (unpaired) electrons. The van der Waals surface area contributed by atoms with E-state index in [9.17, 15) is 8.42 Å². The van der Waals surface area contributed by atoms with E-state index < -0.39 is 10.0 Å². The van der Waals surface area contributed by atoms with Crippen LogP contribution in [0.1, 0.15) is 0 Å². The molecular formula is C11H8Br2N2O3S. The van der Waals surface area contributed by atoms with Crippen molar-refractivity contribution in [1.82, 2.24) is 4.98 Å². The van der Waals surface area contributed by atoms with Crippen molar-refractivity contribution in [3.8, 4) is 11.6 Å². The highest BCUT2D eigenvalue weighted by Crippen LogP contribution is 2.33. The molecule has 0 aliphatic carbocycles. The minimum atomic E-state index is -3.89. The van der Waals surface area contributed by atoms with Crippen LogP contribution in [0.4, 0.5) is 0 Å². The fraction of sp³-hybridized carbons (Fsp3) is 0. The van der Waals surface area contributed by atoms with Gasteiger partial charge in [0.05, 0.1) is 4.47 Å². The van der Waals surface area contributed by atoms with Gasteiger partial charge in [-0.3, -0.25) is 0 Å². The van der Waals surface area contributed by atoms with E-state index in [1.165, 1.54) is 18.3 Å². The molecule has 0 fully saturated rings. The number of ether oxygens (including phenoxy) is 1. The SMILES string of the molecule is NS(=O)(=O)c1cccnc1Oc1ccc(Br)cc1Br. The van der Waals surface area contributed by atoms with E-state index in [1.807, 2.05) is 0 Å². The highest BCUT2D eigenvalue weighted by molar-refractivity contribution is 9.11. The molecule has 0 aliphatic rings. The number of rotatable bonds is 3. The molecule has 0 saturated carbocycles. The number of hydrogen-bond donors (Lipinski definition) is 1. The van der Waals surface area contributed by atoms with Gasteiger partial charge in [0.2, 0.25) is 15.9 Å². The molecule has 1 aromatic carbocycles. The van der Waals surface area contributed by atoms with Crippen LogP contribution in [-0.2, 0) is 10.0 Å². The molecule has 0 spiro atoms. The van der Waals surface area contributed by atoms with E-state index >= 15 is 0 Å². The quantitative estimate of drug-likeness (QED) is 0.847. The number of sulfonamides is 1. The minimum absolute atomic E-state index is 0.0620. The summed E-state index contributed by atoms with van der Waals surface area (Å²) >= 11 is 6.63. The number of primary sulfonamides is 1. The molecule has 1 heterocycles. The second-order valence-corrected chi connectivity index (χ2v) is 6.83. The molecule has 0 atom stereocenters. The largest absolute Gasteiger partial charge is 0.436 e. The van der Waals surface area contributed by atoms with Crippen molar-refractivity contribution in [2.24, 2.45) is 5.14 Å². The lowest BCUT2D eigenvalue weighted by Crippen LogP contribution is -2.13. The van der Waals surface area contributed by atoms with Crippen molar-refractivity contribution >= 4 is 41.9 Å². The molecule has 1 aromatic heterocycles. The van der Waals surface area contributed by atoms with Crippen LogP contribution in [0.15, 0.2) is 50.4 Å². The Labute approximate surface area is 127 Å². The number of pyridine rings is 1. The van der Waals surface area contributed by atoms with E-state index in [0.29, 0.717) is 10.2 Å². The Morgan fingerprint density at radius 1 is 1.21 bits per heavy atom. The van der Waals surface area contributed by atoms with Crippen LogP contribution >= 0.6 is 31.9 Å². The Kier molecular flexibility index (Phi) is 4.24. The van der Waals surface area contributed by atoms with Gasteiger partial charge >= 0.3 is 0 Å². The first-order chi connectivity index (χ1) is 8.88. The first kappa shape index (κ1) is 14.4. The van der Waals surface area contributed by atoms with Gasteiger partial charge < -0.3 is 4.74 Å². The van der Waals surface area contributed by atoms with Gasteiger partial charge in [-0.2, -0.15) is 0 Å². The summed E-state index contributed by atoms with van der Waals surface area (Å²) < 4.78 is 29.8. The van der Waals surface area contributed by atoms with E-state index in [-0.39, 0.29) is 10.8 Å². The van der Waals surface area contributed by atoms with Gasteiger partial charge in [-0.1, -0.05) is 15.9 Å². The lowest BCUT2D eigenvalue weighted by atomic mass is 10.3. The maximum Gasteiger partial charge on any atom is 0.243 e. The van der Waals surface area contributed by atoms with E-state index in [0.717, 1.165) is 4.47 Å². The van der Waals surface area contributed by atoms with Crippen molar-refractivity contribution in [3.63, 3.8) is 0 Å². The van der Waals surface area contributed by atoms with Gasteiger partial charge in [0.1, 0.15) is 10.6 Å². The third-order valence-electron chi connectivity index (χ3n) is 2.14. The highest BCUT2D eigenvalue weighted by Gasteiger charge is 2.17. The Balaban J connectivity index is 2.44. The second-order valence-electron chi connectivity index (χ2n) is 3.53. The van der Waals surface area contributed by atoms with Crippen molar-refractivity contribution in [3.05, 3.63) is 45.5 Å². The molecule has 2 aromatic rings. The summed E-state index contributed by atoms with van der Waals surface area (Å²) in [6, 6.07) is 8.03. The van der Waals surface area contributed by atoms with Crippen LogP contribution in [0.25, 0.3) is 0 Å². The Morgan fingerprint density at radius 3 is 2.58 bits per heavy atom. The molecule has 2 N–H and O–H groups in total.